The minimum Gasteiger partial charge on any atom is -0.387 e. The summed E-state index contributed by atoms with van der Waals surface area (Å²) in [7, 11) is -3.31. The van der Waals surface area contributed by atoms with Gasteiger partial charge in [0.05, 0.1) is 58.3 Å². The van der Waals surface area contributed by atoms with Crippen molar-refractivity contribution in [1.82, 2.24) is 24.2 Å². The highest BCUT2D eigenvalue weighted by Crippen LogP contribution is 2.40. The zero-order valence-corrected chi connectivity index (χ0v) is 23.3. The van der Waals surface area contributed by atoms with E-state index in [4.69, 9.17) is 0 Å². The number of nitrogens with zero attached hydrogens (tertiary/aromatic N) is 5. The molecule has 40 heavy (non-hydrogen) atoms. The predicted molar refractivity (Wildman–Crippen MR) is 147 cm³/mol. The molecule has 5 rings (SSSR count). The van der Waals surface area contributed by atoms with Crippen molar-refractivity contribution in [2.75, 3.05) is 31.2 Å². The summed E-state index contributed by atoms with van der Waals surface area (Å²) in [6.45, 7) is 3.09. The molecule has 1 saturated carbocycles. The fourth-order valence-electron chi connectivity index (χ4n) is 5.54. The van der Waals surface area contributed by atoms with Crippen LogP contribution < -0.4 is 10.6 Å². The number of hydrogen-bond acceptors (Lipinski definition) is 8. The number of pyridine rings is 1. The molecule has 3 N–H and O–H groups in total. The van der Waals surface area contributed by atoms with Gasteiger partial charge in [0.25, 0.3) is 5.91 Å². The van der Waals surface area contributed by atoms with Crippen molar-refractivity contribution in [2.24, 2.45) is 11.8 Å². The van der Waals surface area contributed by atoms with Gasteiger partial charge in [0, 0.05) is 25.3 Å². The number of anilines is 1. The monoisotopic (exact) mass is 569 g/mol. The van der Waals surface area contributed by atoms with E-state index >= 15 is 0 Å². The van der Waals surface area contributed by atoms with Crippen LogP contribution in [-0.4, -0.2) is 82.0 Å². The Morgan fingerprint density at radius 1 is 1.25 bits per heavy atom. The molecule has 3 unspecified atom stereocenters. The van der Waals surface area contributed by atoms with E-state index in [2.05, 4.69) is 26.8 Å². The van der Waals surface area contributed by atoms with Crippen LogP contribution in [0.3, 0.4) is 0 Å². The standard InChI is InChI=1S/C27H32FN7O4S/c1-27(2,37)24(28)13-31-26(36)20-12-30-22(23-7-6-19-8-16(10-29)11-32-35(19)23)9-21(20)33-25-17-4-5-18(25)15-34(14-17)40(3,38)39/h6-9,11-12,17-18,24-25,37H,4-5,13-15H2,1-3H3,(H,30,33)(H,31,36). The number of nitrogens with one attached hydrogen (secondary N) is 2. The van der Waals surface area contributed by atoms with Crippen molar-refractivity contribution in [1.29, 1.82) is 5.26 Å². The molecule has 2 bridgehead atoms. The normalized spacial score (nSPS) is 22.1. The smallest absolute Gasteiger partial charge is 0.255 e. The fourth-order valence-corrected chi connectivity index (χ4v) is 6.47. The van der Waals surface area contributed by atoms with Crippen LogP contribution in [0.1, 0.15) is 42.6 Å². The van der Waals surface area contributed by atoms with Crippen LogP contribution >= 0.6 is 0 Å². The topological polar surface area (TPSA) is 153 Å². The van der Waals surface area contributed by atoms with Crippen molar-refractivity contribution in [2.45, 2.75) is 44.5 Å². The minimum atomic E-state index is -3.31. The van der Waals surface area contributed by atoms with Gasteiger partial charge in [-0.1, -0.05) is 0 Å². The molecule has 1 saturated heterocycles. The van der Waals surface area contributed by atoms with Gasteiger partial charge in [0.2, 0.25) is 10.0 Å². The number of sulfonamides is 1. The first kappa shape index (κ1) is 27.9. The summed E-state index contributed by atoms with van der Waals surface area (Å²) in [6, 6.07) is 9.09. The van der Waals surface area contributed by atoms with Crippen molar-refractivity contribution < 1.29 is 22.7 Å². The Bertz CT molecular complexity index is 1580. The predicted octanol–water partition coefficient (Wildman–Crippen LogP) is 2.19. The van der Waals surface area contributed by atoms with E-state index < -0.39 is 27.7 Å². The van der Waals surface area contributed by atoms with Gasteiger partial charge in [-0.05, 0) is 62.8 Å². The van der Waals surface area contributed by atoms with Crippen LogP contribution in [0.5, 0.6) is 0 Å². The van der Waals surface area contributed by atoms with E-state index in [1.165, 1.54) is 36.8 Å². The van der Waals surface area contributed by atoms with Crippen molar-refractivity contribution >= 4 is 27.1 Å². The number of hydrogen-bond donors (Lipinski definition) is 3. The number of rotatable bonds is 8. The molecule has 0 aromatic carbocycles. The second kappa shape index (κ2) is 10.4. The molecule has 212 valence electrons. The molecule has 3 atom stereocenters. The summed E-state index contributed by atoms with van der Waals surface area (Å²) in [5, 5.41) is 29.5. The molecule has 2 fully saturated rings. The maximum absolute atomic E-state index is 14.4. The average molecular weight is 570 g/mol. The molecule has 4 heterocycles. The number of fused-ring (bicyclic) bond motifs is 3. The molecular formula is C27H32FN7O4S. The van der Waals surface area contributed by atoms with E-state index in [-0.39, 0.29) is 30.0 Å². The third-order valence-electron chi connectivity index (χ3n) is 7.84. The summed E-state index contributed by atoms with van der Waals surface area (Å²) in [6.07, 6.45) is 4.14. The van der Waals surface area contributed by atoms with Crippen molar-refractivity contribution in [3.63, 3.8) is 0 Å². The van der Waals surface area contributed by atoms with Crippen LogP contribution in [0.2, 0.25) is 0 Å². The summed E-state index contributed by atoms with van der Waals surface area (Å²) < 4.78 is 42.0. The lowest BCUT2D eigenvalue weighted by Gasteiger charge is -2.37. The van der Waals surface area contributed by atoms with Gasteiger partial charge in [0.1, 0.15) is 12.2 Å². The molecule has 13 heteroatoms. The number of carbonyl (C=O) groups is 1. The highest BCUT2D eigenvalue weighted by atomic mass is 32.2. The lowest BCUT2D eigenvalue weighted by atomic mass is 9.93. The number of piperidine rings is 1. The van der Waals surface area contributed by atoms with Gasteiger partial charge < -0.3 is 15.7 Å². The zero-order chi connectivity index (χ0) is 28.8. The Kier molecular flexibility index (Phi) is 7.28. The Balaban J connectivity index is 1.48. The van der Waals surface area contributed by atoms with E-state index in [0.29, 0.717) is 41.2 Å². The molecule has 1 amide bonds. The van der Waals surface area contributed by atoms with E-state index in [1.807, 2.05) is 12.1 Å². The summed E-state index contributed by atoms with van der Waals surface area (Å²) >= 11 is 0. The Morgan fingerprint density at radius 3 is 2.58 bits per heavy atom. The average Bonchev–Trinajstić information content (AvgIpc) is 3.41. The summed E-state index contributed by atoms with van der Waals surface area (Å²) in [5.41, 5.74) is 1.38. The third-order valence-corrected chi connectivity index (χ3v) is 9.08. The van der Waals surface area contributed by atoms with Crippen LogP contribution in [-0.2, 0) is 10.0 Å². The third kappa shape index (κ3) is 5.52. The number of amides is 1. The van der Waals surface area contributed by atoms with Crippen LogP contribution in [0.4, 0.5) is 10.1 Å². The molecule has 1 aliphatic carbocycles. The molecule has 1 aliphatic heterocycles. The van der Waals surface area contributed by atoms with Gasteiger partial charge in [-0.2, -0.15) is 10.4 Å². The molecule has 2 aliphatic rings. The highest BCUT2D eigenvalue weighted by Gasteiger charge is 2.44. The van der Waals surface area contributed by atoms with Gasteiger partial charge in [-0.15, -0.1) is 0 Å². The number of nitriles is 1. The minimum absolute atomic E-state index is 0.0617. The second-order valence-corrected chi connectivity index (χ2v) is 13.2. The lowest BCUT2D eigenvalue weighted by Crippen LogP contribution is -2.50. The molecule has 11 nitrogen and oxygen atoms in total. The van der Waals surface area contributed by atoms with Gasteiger partial charge in [-0.25, -0.2) is 21.6 Å². The molecule has 0 radical (unpaired) electrons. The second-order valence-electron chi connectivity index (χ2n) is 11.2. The van der Waals surface area contributed by atoms with Crippen molar-refractivity contribution in [3.8, 4) is 17.5 Å². The van der Waals surface area contributed by atoms with Gasteiger partial charge in [-0.3, -0.25) is 9.78 Å². The maximum Gasteiger partial charge on any atom is 0.255 e. The van der Waals surface area contributed by atoms with Gasteiger partial charge in [0.15, 0.2) is 0 Å². The Hall–Kier alpha value is -3.60. The van der Waals surface area contributed by atoms with Crippen LogP contribution in [0.15, 0.2) is 36.7 Å². The fraction of sp³-hybridized carbons (Fsp3) is 0.481. The van der Waals surface area contributed by atoms with E-state index in [0.717, 1.165) is 12.8 Å². The van der Waals surface area contributed by atoms with E-state index in [9.17, 15) is 28.0 Å². The molecule has 3 aromatic heterocycles. The first-order valence-corrected chi connectivity index (χ1v) is 14.9. The van der Waals surface area contributed by atoms with E-state index in [1.54, 1.807) is 16.6 Å². The number of aromatic nitrogens is 3. The lowest BCUT2D eigenvalue weighted by molar-refractivity contribution is -0.00177. The summed E-state index contributed by atoms with van der Waals surface area (Å²) in [5.74, 6) is -0.426. The molecule has 0 spiro atoms. The number of alkyl halides is 1. The van der Waals surface area contributed by atoms with Gasteiger partial charge >= 0.3 is 0 Å². The number of halogens is 1. The largest absolute Gasteiger partial charge is 0.387 e. The van der Waals surface area contributed by atoms with Crippen LogP contribution in [0, 0.1) is 23.2 Å². The quantitative estimate of drug-likeness (QED) is 0.373. The Labute approximate surface area is 232 Å². The molecular weight excluding hydrogens is 537 g/mol. The Morgan fingerprint density at radius 2 is 1.95 bits per heavy atom. The summed E-state index contributed by atoms with van der Waals surface area (Å²) in [4.78, 5) is 17.7. The number of aliphatic hydroxyl groups is 1. The first-order chi connectivity index (χ1) is 18.8. The first-order valence-electron chi connectivity index (χ1n) is 13.1. The van der Waals surface area contributed by atoms with Crippen LogP contribution in [0.25, 0.3) is 16.9 Å². The number of carbonyl (C=O) groups excluding carboxylic acids is 1. The zero-order valence-electron chi connectivity index (χ0n) is 22.5. The highest BCUT2D eigenvalue weighted by molar-refractivity contribution is 7.88. The molecule has 3 aromatic rings. The van der Waals surface area contributed by atoms with Crippen molar-refractivity contribution in [3.05, 3.63) is 47.8 Å². The SMILES string of the molecule is CC(C)(O)C(F)CNC(=O)c1cnc(-c2ccc3cc(C#N)cnn23)cc1NC1C2CCC1CN(S(C)(=O)=O)C2. The maximum atomic E-state index is 14.4.